The summed E-state index contributed by atoms with van der Waals surface area (Å²) in [7, 11) is 0.847. The van der Waals surface area contributed by atoms with Crippen molar-refractivity contribution in [2.45, 2.75) is 25.5 Å². The molecule has 0 aliphatic rings. The summed E-state index contributed by atoms with van der Waals surface area (Å²) in [6, 6.07) is 0.286. The Balaban J connectivity index is 2.73. The van der Waals surface area contributed by atoms with Crippen LogP contribution in [0.1, 0.15) is 20.3 Å². The van der Waals surface area contributed by atoms with Crippen molar-refractivity contribution in [2.75, 3.05) is 37.1 Å². The van der Waals surface area contributed by atoms with Gasteiger partial charge in [0.15, 0.2) is 0 Å². The van der Waals surface area contributed by atoms with Crippen molar-refractivity contribution in [3.63, 3.8) is 0 Å². The average Bonchev–Trinajstić information content (AvgIpc) is 2.42. The van der Waals surface area contributed by atoms with Crippen LogP contribution in [0.2, 0.25) is 0 Å². The fourth-order valence-electron chi connectivity index (χ4n) is 1.16. The molecule has 1 heterocycles. The topological polar surface area (TPSA) is 89.0 Å². The molecule has 0 aliphatic heterocycles. The highest BCUT2D eigenvalue weighted by atomic mass is 32.2. The minimum atomic E-state index is -0.882. The second kappa shape index (κ2) is 7.88. The van der Waals surface area contributed by atoms with E-state index in [4.69, 9.17) is 4.74 Å². The highest BCUT2D eigenvalue weighted by Gasteiger charge is 2.09. The van der Waals surface area contributed by atoms with E-state index in [2.05, 4.69) is 25.6 Å². The third-order valence-corrected chi connectivity index (χ3v) is 3.69. The molecule has 0 saturated carbocycles. The first kappa shape index (κ1) is 15.6. The molecular weight excluding hydrogens is 266 g/mol. The smallest absolute Gasteiger partial charge is 0.323 e. The second-order valence-electron chi connectivity index (χ2n) is 4.05. The van der Waals surface area contributed by atoms with E-state index in [9.17, 15) is 4.21 Å². The SMILES string of the molecule is CCCOc1nc(NC)nc(NCC(C)S(C)=O)n1. The van der Waals surface area contributed by atoms with Gasteiger partial charge in [-0.1, -0.05) is 6.92 Å². The number of anilines is 2. The summed E-state index contributed by atoms with van der Waals surface area (Å²) in [5.74, 6) is 0.858. The van der Waals surface area contributed by atoms with Crippen molar-refractivity contribution in [3.05, 3.63) is 0 Å². The van der Waals surface area contributed by atoms with Crippen LogP contribution in [0.3, 0.4) is 0 Å². The van der Waals surface area contributed by atoms with Crippen LogP contribution in [0.5, 0.6) is 6.01 Å². The first-order chi connectivity index (χ1) is 9.06. The maximum Gasteiger partial charge on any atom is 0.323 e. The van der Waals surface area contributed by atoms with Gasteiger partial charge in [-0.15, -0.1) is 0 Å². The van der Waals surface area contributed by atoms with Gasteiger partial charge >= 0.3 is 6.01 Å². The second-order valence-corrected chi connectivity index (χ2v) is 5.86. The largest absolute Gasteiger partial charge is 0.463 e. The van der Waals surface area contributed by atoms with Gasteiger partial charge in [-0.25, -0.2) is 0 Å². The van der Waals surface area contributed by atoms with E-state index >= 15 is 0 Å². The number of nitrogens with one attached hydrogen (secondary N) is 2. The van der Waals surface area contributed by atoms with Crippen molar-refractivity contribution < 1.29 is 8.95 Å². The van der Waals surface area contributed by atoms with Gasteiger partial charge in [-0.05, 0) is 13.3 Å². The summed E-state index contributed by atoms with van der Waals surface area (Å²) in [6.07, 6.45) is 2.56. The first-order valence-corrected chi connectivity index (χ1v) is 7.81. The number of aromatic nitrogens is 3. The standard InChI is InChI=1S/C11H21N5O2S/c1-5-6-18-11-15-9(12-3)14-10(16-11)13-7-8(2)19(4)17/h8H,5-7H2,1-4H3,(H2,12,13,14,15,16). The van der Waals surface area contributed by atoms with Crippen LogP contribution in [0.15, 0.2) is 0 Å². The predicted molar refractivity (Wildman–Crippen MR) is 77.2 cm³/mol. The van der Waals surface area contributed by atoms with Gasteiger partial charge in [0.1, 0.15) is 0 Å². The van der Waals surface area contributed by atoms with Crippen molar-refractivity contribution in [1.82, 2.24) is 15.0 Å². The van der Waals surface area contributed by atoms with E-state index in [1.165, 1.54) is 0 Å². The molecule has 8 heteroatoms. The summed E-state index contributed by atoms with van der Waals surface area (Å²) >= 11 is 0. The highest BCUT2D eigenvalue weighted by molar-refractivity contribution is 7.84. The molecule has 19 heavy (non-hydrogen) atoms. The Labute approximate surface area is 116 Å². The van der Waals surface area contributed by atoms with Gasteiger partial charge in [-0.3, -0.25) is 4.21 Å². The molecule has 0 amide bonds. The maximum absolute atomic E-state index is 11.3. The van der Waals surface area contributed by atoms with Gasteiger partial charge in [0, 0.05) is 35.9 Å². The minimum absolute atomic E-state index is 0.0230. The summed E-state index contributed by atoms with van der Waals surface area (Å²) in [5.41, 5.74) is 0. The van der Waals surface area contributed by atoms with Crippen molar-refractivity contribution >= 4 is 22.7 Å². The number of rotatable bonds is 8. The molecule has 7 nitrogen and oxygen atoms in total. The molecule has 0 fully saturated rings. The van der Waals surface area contributed by atoms with E-state index in [-0.39, 0.29) is 11.3 Å². The molecule has 0 bridgehead atoms. The molecule has 2 atom stereocenters. The Kier molecular flexibility index (Phi) is 6.48. The van der Waals surface area contributed by atoms with Crippen LogP contribution in [0, 0.1) is 0 Å². The maximum atomic E-state index is 11.3. The molecule has 1 rings (SSSR count). The lowest BCUT2D eigenvalue weighted by atomic mass is 10.5. The third kappa shape index (κ3) is 5.37. The fourth-order valence-corrected chi connectivity index (χ4v) is 1.48. The Hall–Kier alpha value is -1.44. The van der Waals surface area contributed by atoms with E-state index in [1.807, 2.05) is 13.8 Å². The van der Waals surface area contributed by atoms with Gasteiger partial charge < -0.3 is 15.4 Å². The molecule has 0 aromatic carbocycles. The Morgan fingerprint density at radius 2 is 2.00 bits per heavy atom. The zero-order valence-corrected chi connectivity index (χ0v) is 12.6. The zero-order valence-electron chi connectivity index (χ0n) is 11.8. The summed E-state index contributed by atoms with van der Waals surface area (Å²) in [4.78, 5) is 12.4. The van der Waals surface area contributed by atoms with Crippen LogP contribution < -0.4 is 15.4 Å². The Morgan fingerprint density at radius 3 is 2.58 bits per heavy atom. The average molecular weight is 287 g/mol. The highest BCUT2D eigenvalue weighted by Crippen LogP contribution is 2.11. The van der Waals surface area contributed by atoms with Gasteiger partial charge in [0.25, 0.3) is 0 Å². The van der Waals surface area contributed by atoms with Crippen molar-refractivity contribution in [3.8, 4) is 6.01 Å². The van der Waals surface area contributed by atoms with E-state index in [0.29, 0.717) is 25.0 Å². The van der Waals surface area contributed by atoms with Crippen molar-refractivity contribution in [1.29, 1.82) is 0 Å². The quantitative estimate of drug-likeness (QED) is 0.733. The van der Waals surface area contributed by atoms with Crippen LogP contribution >= 0.6 is 0 Å². The lowest BCUT2D eigenvalue weighted by Gasteiger charge is -2.11. The molecule has 0 aliphatic carbocycles. The van der Waals surface area contributed by atoms with Crippen LogP contribution in [-0.2, 0) is 10.8 Å². The van der Waals surface area contributed by atoms with Crippen LogP contribution in [-0.4, -0.2) is 50.9 Å². The molecule has 2 N–H and O–H groups in total. The third-order valence-electron chi connectivity index (χ3n) is 2.39. The van der Waals surface area contributed by atoms with E-state index < -0.39 is 10.8 Å². The number of hydrogen-bond acceptors (Lipinski definition) is 7. The van der Waals surface area contributed by atoms with E-state index in [1.54, 1.807) is 13.3 Å². The molecule has 108 valence electrons. The molecule has 1 aromatic rings. The summed E-state index contributed by atoms with van der Waals surface area (Å²) < 4.78 is 16.7. The zero-order chi connectivity index (χ0) is 14.3. The van der Waals surface area contributed by atoms with Gasteiger partial charge in [0.05, 0.1) is 6.61 Å². The monoisotopic (exact) mass is 287 g/mol. The predicted octanol–water partition coefficient (Wildman–Crippen LogP) is 0.881. The fraction of sp³-hybridized carbons (Fsp3) is 0.727. The molecule has 2 unspecified atom stereocenters. The number of nitrogens with zero attached hydrogens (tertiary/aromatic N) is 3. The normalized spacial score (nSPS) is 13.7. The molecule has 1 aromatic heterocycles. The Bertz CT molecular complexity index is 430. The lowest BCUT2D eigenvalue weighted by Crippen LogP contribution is -2.22. The number of ether oxygens (including phenoxy) is 1. The molecule has 0 spiro atoms. The van der Waals surface area contributed by atoms with Gasteiger partial charge in [0.2, 0.25) is 11.9 Å². The molecular formula is C11H21N5O2S. The number of hydrogen-bond donors (Lipinski definition) is 2. The first-order valence-electron chi connectivity index (χ1n) is 6.19. The van der Waals surface area contributed by atoms with E-state index in [0.717, 1.165) is 6.42 Å². The lowest BCUT2D eigenvalue weighted by molar-refractivity contribution is 0.292. The Morgan fingerprint density at radius 1 is 1.32 bits per heavy atom. The van der Waals surface area contributed by atoms with Crippen LogP contribution in [0.4, 0.5) is 11.9 Å². The molecule has 0 saturated heterocycles. The van der Waals surface area contributed by atoms with Gasteiger partial charge in [-0.2, -0.15) is 15.0 Å². The summed E-state index contributed by atoms with van der Waals surface area (Å²) in [6.45, 7) is 5.00. The van der Waals surface area contributed by atoms with Crippen LogP contribution in [0.25, 0.3) is 0 Å². The van der Waals surface area contributed by atoms with Crippen molar-refractivity contribution in [2.24, 2.45) is 0 Å². The minimum Gasteiger partial charge on any atom is -0.463 e. The molecule has 0 radical (unpaired) electrons. The summed E-state index contributed by atoms with van der Waals surface area (Å²) in [5, 5.41) is 5.92.